The second kappa shape index (κ2) is 4.17. The van der Waals surface area contributed by atoms with Gasteiger partial charge < -0.3 is 4.74 Å². The monoisotopic (exact) mass is 219 g/mol. The molecule has 0 aromatic heterocycles. The zero-order valence-electron chi connectivity index (χ0n) is 7.31. The van der Waals surface area contributed by atoms with Crippen molar-refractivity contribution < 1.29 is 22.3 Å². The summed E-state index contributed by atoms with van der Waals surface area (Å²) in [7, 11) is 0. The van der Waals surface area contributed by atoms with E-state index in [2.05, 4.69) is 4.74 Å². The number of ether oxygens (including phenoxy) is 1. The first kappa shape index (κ1) is 11.3. The van der Waals surface area contributed by atoms with Gasteiger partial charge in [-0.05, 0) is 18.2 Å². The fourth-order valence-corrected chi connectivity index (χ4v) is 0.960. The van der Waals surface area contributed by atoms with Gasteiger partial charge in [0.05, 0.1) is 0 Å². The topological polar surface area (TPSA) is 33.0 Å². The highest BCUT2D eigenvalue weighted by Crippen LogP contribution is 2.36. The van der Waals surface area contributed by atoms with E-state index >= 15 is 0 Å². The van der Waals surface area contributed by atoms with Crippen LogP contribution in [0.1, 0.15) is 5.56 Å². The molecule has 0 radical (unpaired) electrons. The Morgan fingerprint density at radius 3 is 2.53 bits per heavy atom. The molecular formula is C9H5F4NO. The lowest BCUT2D eigenvalue weighted by Gasteiger charge is -2.11. The Morgan fingerprint density at radius 2 is 2.00 bits per heavy atom. The Hall–Kier alpha value is -1.77. The molecule has 15 heavy (non-hydrogen) atoms. The van der Waals surface area contributed by atoms with Gasteiger partial charge in [-0.2, -0.15) is 18.4 Å². The third-order valence-corrected chi connectivity index (χ3v) is 1.54. The van der Waals surface area contributed by atoms with Crippen molar-refractivity contribution in [1.82, 2.24) is 0 Å². The van der Waals surface area contributed by atoms with Crippen LogP contribution in [0.2, 0.25) is 0 Å². The van der Waals surface area contributed by atoms with Crippen molar-refractivity contribution in [2.24, 2.45) is 0 Å². The Balaban J connectivity index is 3.10. The zero-order valence-corrected chi connectivity index (χ0v) is 7.31. The van der Waals surface area contributed by atoms with Crippen LogP contribution in [0.5, 0.6) is 5.75 Å². The number of hydrogen-bond donors (Lipinski definition) is 0. The molecule has 0 spiro atoms. The van der Waals surface area contributed by atoms with Crippen LogP contribution in [0.15, 0.2) is 18.2 Å². The van der Waals surface area contributed by atoms with E-state index in [0.29, 0.717) is 6.07 Å². The van der Waals surface area contributed by atoms with E-state index in [1.807, 2.05) is 0 Å². The van der Waals surface area contributed by atoms with E-state index in [1.54, 1.807) is 0 Å². The Bertz CT molecular complexity index is 394. The molecule has 0 unspecified atom stereocenters. The van der Waals surface area contributed by atoms with Crippen molar-refractivity contribution in [1.29, 1.82) is 5.26 Å². The fraction of sp³-hybridized carbons (Fsp3) is 0.222. The molecule has 1 aromatic carbocycles. The molecule has 0 saturated carbocycles. The lowest BCUT2D eigenvalue weighted by atomic mass is 10.2. The number of nitrogens with zero attached hydrogens (tertiary/aromatic N) is 1. The molecule has 6 heteroatoms. The van der Waals surface area contributed by atoms with E-state index in [-0.39, 0.29) is 0 Å². The molecule has 1 rings (SSSR count). The van der Waals surface area contributed by atoms with Crippen molar-refractivity contribution in [2.75, 3.05) is 6.61 Å². The van der Waals surface area contributed by atoms with E-state index in [0.717, 1.165) is 12.1 Å². The van der Waals surface area contributed by atoms with Crippen molar-refractivity contribution >= 4 is 0 Å². The highest BCUT2D eigenvalue weighted by molar-refractivity contribution is 5.36. The van der Waals surface area contributed by atoms with Gasteiger partial charge in [0.2, 0.25) is 0 Å². The van der Waals surface area contributed by atoms with E-state index in [1.165, 1.54) is 6.07 Å². The molecule has 0 atom stereocenters. The van der Waals surface area contributed by atoms with Crippen LogP contribution in [0, 0.1) is 17.1 Å². The lowest BCUT2D eigenvalue weighted by molar-refractivity contribution is -0.139. The van der Waals surface area contributed by atoms with Crippen molar-refractivity contribution in [3.63, 3.8) is 0 Å². The quantitative estimate of drug-likeness (QED) is 0.716. The minimum atomic E-state index is -4.70. The maximum atomic E-state index is 12.6. The van der Waals surface area contributed by atoms with Gasteiger partial charge in [-0.1, -0.05) is 0 Å². The highest BCUT2D eigenvalue weighted by atomic mass is 19.4. The minimum Gasteiger partial charge on any atom is -0.478 e. The van der Waals surface area contributed by atoms with Gasteiger partial charge in [0, 0.05) is 0 Å². The Kier molecular flexibility index (Phi) is 3.14. The van der Waals surface area contributed by atoms with Crippen LogP contribution < -0.4 is 4.74 Å². The predicted molar refractivity (Wildman–Crippen MR) is 42.5 cm³/mol. The van der Waals surface area contributed by atoms with Crippen molar-refractivity contribution in [3.05, 3.63) is 29.6 Å². The molecule has 0 fully saturated rings. The molecule has 0 bridgehead atoms. The normalized spacial score (nSPS) is 10.9. The van der Waals surface area contributed by atoms with Crippen molar-refractivity contribution in [2.45, 2.75) is 6.18 Å². The number of hydrogen-bond acceptors (Lipinski definition) is 2. The molecule has 2 nitrogen and oxygen atoms in total. The number of nitriles is 1. The average molecular weight is 219 g/mol. The molecule has 0 N–H and O–H groups in total. The summed E-state index contributed by atoms with van der Waals surface area (Å²) in [4.78, 5) is 0. The van der Waals surface area contributed by atoms with Crippen LogP contribution in [-0.4, -0.2) is 6.61 Å². The molecule has 0 aliphatic rings. The van der Waals surface area contributed by atoms with Gasteiger partial charge in [0.1, 0.15) is 23.2 Å². The average Bonchev–Trinajstić information content (AvgIpc) is 2.14. The zero-order chi connectivity index (χ0) is 11.5. The number of benzene rings is 1. The van der Waals surface area contributed by atoms with E-state index < -0.39 is 29.9 Å². The first-order valence-electron chi connectivity index (χ1n) is 3.81. The third-order valence-electron chi connectivity index (χ3n) is 1.54. The molecule has 1 aromatic rings. The van der Waals surface area contributed by atoms with Gasteiger partial charge in [-0.25, -0.2) is 4.39 Å². The van der Waals surface area contributed by atoms with Gasteiger partial charge in [0.15, 0.2) is 6.61 Å². The molecular weight excluding hydrogens is 214 g/mol. The predicted octanol–water partition coefficient (Wildman–Crippen LogP) is 2.75. The molecule has 80 valence electrons. The standard InChI is InChI=1S/C9H5F4NO/c10-6-1-2-8(15-4-3-14)7(5-6)9(11,12)13/h1-2,5H,4H2. The lowest BCUT2D eigenvalue weighted by Crippen LogP contribution is -2.09. The molecule has 0 amide bonds. The summed E-state index contributed by atoms with van der Waals surface area (Å²) in [5, 5.41) is 8.15. The minimum absolute atomic E-state index is 0.326. The Morgan fingerprint density at radius 1 is 1.33 bits per heavy atom. The summed E-state index contributed by atoms with van der Waals surface area (Å²) < 4.78 is 54.1. The van der Waals surface area contributed by atoms with Gasteiger partial charge >= 0.3 is 6.18 Å². The second-order valence-electron chi connectivity index (χ2n) is 2.59. The van der Waals surface area contributed by atoms with Gasteiger partial charge in [0.25, 0.3) is 0 Å². The SMILES string of the molecule is N#CCOc1ccc(F)cc1C(F)(F)F. The Labute approximate surface area is 82.7 Å². The molecule has 0 aliphatic carbocycles. The summed E-state index contributed by atoms with van der Waals surface area (Å²) in [6.07, 6.45) is -4.70. The number of rotatable bonds is 2. The summed E-state index contributed by atoms with van der Waals surface area (Å²) in [5.74, 6) is -1.56. The van der Waals surface area contributed by atoms with Gasteiger partial charge in [-0.3, -0.25) is 0 Å². The summed E-state index contributed by atoms with van der Waals surface area (Å²) >= 11 is 0. The molecule has 0 saturated heterocycles. The van der Waals surface area contributed by atoms with E-state index in [9.17, 15) is 17.6 Å². The highest BCUT2D eigenvalue weighted by Gasteiger charge is 2.34. The third kappa shape index (κ3) is 2.84. The number of halogens is 4. The van der Waals surface area contributed by atoms with Crippen LogP contribution in [0.4, 0.5) is 17.6 Å². The number of alkyl halides is 3. The largest absolute Gasteiger partial charge is 0.478 e. The van der Waals surface area contributed by atoms with Crippen LogP contribution in [0.25, 0.3) is 0 Å². The molecule has 0 heterocycles. The first-order chi connectivity index (χ1) is 6.95. The van der Waals surface area contributed by atoms with E-state index in [4.69, 9.17) is 5.26 Å². The fourth-order valence-electron chi connectivity index (χ4n) is 0.960. The molecule has 0 aliphatic heterocycles. The van der Waals surface area contributed by atoms with Crippen molar-refractivity contribution in [3.8, 4) is 11.8 Å². The van der Waals surface area contributed by atoms with Gasteiger partial charge in [-0.15, -0.1) is 0 Å². The second-order valence-corrected chi connectivity index (χ2v) is 2.59. The summed E-state index contributed by atoms with van der Waals surface area (Å²) in [5.41, 5.74) is -1.22. The maximum absolute atomic E-state index is 12.6. The smallest absolute Gasteiger partial charge is 0.420 e. The van der Waals surface area contributed by atoms with Crippen LogP contribution >= 0.6 is 0 Å². The first-order valence-corrected chi connectivity index (χ1v) is 3.81. The summed E-state index contributed by atoms with van der Waals surface area (Å²) in [6, 6.07) is 3.53. The maximum Gasteiger partial charge on any atom is 0.420 e. The van der Waals surface area contributed by atoms with Crippen LogP contribution in [0.3, 0.4) is 0 Å². The van der Waals surface area contributed by atoms with Crippen LogP contribution in [-0.2, 0) is 6.18 Å². The summed E-state index contributed by atoms with van der Waals surface area (Å²) in [6.45, 7) is -0.519.